The number of esters is 1. The summed E-state index contributed by atoms with van der Waals surface area (Å²) in [4.78, 5) is 26.0. The second-order valence-corrected chi connectivity index (χ2v) is 9.28. The Labute approximate surface area is 197 Å². The monoisotopic (exact) mass is 483 g/mol. The minimum atomic E-state index is -4.46. The first kappa shape index (κ1) is 26.1. The highest BCUT2D eigenvalue weighted by atomic mass is 19.4. The van der Waals surface area contributed by atoms with E-state index in [0.29, 0.717) is 54.6 Å². The van der Waals surface area contributed by atoms with Crippen LogP contribution in [0.3, 0.4) is 0 Å². The quantitative estimate of drug-likeness (QED) is 0.561. The first-order chi connectivity index (χ1) is 15.9. The van der Waals surface area contributed by atoms with Crippen molar-refractivity contribution in [2.45, 2.75) is 77.6 Å². The third-order valence-corrected chi connectivity index (χ3v) is 6.46. The lowest BCUT2D eigenvalue weighted by Gasteiger charge is -2.38. The lowest BCUT2D eigenvalue weighted by molar-refractivity contribution is -0.153. The normalized spacial score (nSPS) is 23.0. The van der Waals surface area contributed by atoms with Crippen LogP contribution in [0.5, 0.6) is 5.75 Å². The minimum Gasteiger partial charge on any atom is -0.484 e. The molecule has 1 aliphatic carbocycles. The molecule has 1 aromatic carbocycles. The van der Waals surface area contributed by atoms with Gasteiger partial charge in [-0.1, -0.05) is 20.8 Å². The summed E-state index contributed by atoms with van der Waals surface area (Å²) in [5.74, 6) is -0.832. The molecule has 2 aliphatic rings. The van der Waals surface area contributed by atoms with Crippen molar-refractivity contribution in [3.8, 4) is 5.75 Å². The number of amides is 1. The number of ether oxygens (including phenoxy) is 3. The van der Waals surface area contributed by atoms with E-state index in [2.05, 4.69) is 5.32 Å². The lowest BCUT2D eigenvalue weighted by atomic mass is 9.78. The molecule has 1 fully saturated rings. The van der Waals surface area contributed by atoms with Crippen LogP contribution in [0, 0.1) is 12.8 Å². The summed E-state index contributed by atoms with van der Waals surface area (Å²) in [7, 11) is 1.65. The Balaban J connectivity index is 2.11. The van der Waals surface area contributed by atoms with Gasteiger partial charge in [-0.3, -0.25) is 9.59 Å². The molecule has 188 valence electrons. The van der Waals surface area contributed by atoms with E-state index in [1.54, 1.807) is 27.9 Å². The third kappa shape index (κ3) is 5.40. The standard InChI is InChI=1S/C25H32F3NO5/c1-6-16-12-18(33-13-25(26,27)28)11-15(4)19(16)20-21(34-23(31)14(2)3)24(29-22(20)30)9-7-17(32-5)8-10-24/h11-12,14,17H,6-10,13H2,1-5H3,(H,29,30)/t17-,24+. The summed E-state index contributed by atoms with van der Waals surface area (Å²) in [6.07, 6.45) is -1.47. The Morgan fingerprint density at radius 1 is 1.24 bits per heavy atom. The second kappa shape index (κ2) is 9.98. The zero-order chi connectivity index (χ0) is 25.3. The Bertz CT molecular complexity index is 975. The Hall–Kier alpha value is -2.55. The van der Waals surface area contributed by atoms with E-state index in [9.17, 15) is 22.8 Å². The maximum Gasteiger partial charge on any atom is 0.422 e. The van der Waals surface area contributed by atoms with Crippen molar-refractivity contribution >= 4 is 17.4 Å². The second-order valence-electron chi connectivity index (χ2n) is 9.28. The van der Waals surface area contributed by atoms with Gasteiger partial charge in [0.05, 0.1) is 23.1 Å². The molecule has 9 heteroatoms. The number of nitrogens with one attached hydrogen (secondary N) is 1. The van der Waals surface area contributed by atoms with E-state index in [-0.39, 0.29) is 23.3 Å². The molecule has 1 saturated carbocycles. The van der Waals surface area contributed by atoms with E-state index in [0.717, 1.165) is 0 Å². The third-order valence-electron chi connectivity index (χ3n) is 6.46. The maximum absolute atomic E-state index is 13.4. The van der Waals surface area contributed by atoms with Gasteiger partial charge in [-0.2, -0.15) is 13.2 Å². The molecular formula is C25H32F3NO5. The summed E-state index contributed by atoms with van der Waals surface area (Å²) in [5, 5.41) is 3.07. The molecule has 1 amide bonds. The predicted octanol–water partition coefficient (Wildman–Crippen LogP) is 4.87. The van der Waals surface area contributed by atoms with Gasteiger partial charge in [0.2, 0.25) is 0 Å². The molecule has 3 rings (SSSR count). The van der Waals surface area contributed by atoms with Crippen molar-refractivity contribution in [1.29, 1.82) is 0 Å². The number of rotatable bonds is 7. The highest BCUT2D eigenvalue weighted by Crippen LogP contribution is 2.45. The van der Waals surface area contributed by atoms with Crippen LogP contribution in [0.15, 0.2) is 17.9 Å². The number of hydrogen-bond acceptors (Lipinski definition) is 5. The molecule has 1 aromatic rings. The van der Waals surface area contributed by atoms with Gasteiger partial charge in [0.25, 0.3) is 5.91 Å². The lowest BCUT2D eigenvalue weighted by Crippen LogP contribution is -2.49. The van der Waals surface area contributed by atoms with E-state index < -0.39 is 30.2 Å². The van der Waals surface area contributed by atoms with Crippen molar-refractivity contribution in [3.05, 3.63) is 34.6 Å². The van der Waals surface area contributed by atoms with Gasteiger partial charge in [0.1, 0.15) is 11.5 Å². The number of carbonyl (C=O) groups is 2. The summed E-state index contributed by atoms with van der Waals surface area (Å²) in [6, 6.07) is 3.00. The average molecular weight is 484 g/mol. The van der Waals surface area contributed by atoms with Gasteiger partial charge in [0, 0.05) is 7.11 Å². The van der Waals surface area contributed by atoms with Crippen molar-refractivity contribution in [2.75, 3.05) is 13.7 Å². The highest BCUT2D eigenvalue weighted by Gasteiger charge is 2.50. The molecule has 0 atom stereocenters. The van der Waals surface area contributed by atoms with Crippen molar-refractivity contribution in [3.63, 3.8) is 0 Å². The van der Waals surface area contributed by atoms with Crippen LogP contribution in [-0.2, 0) is 25.5 Å². The Morgan fingerprint density at radius 3 is 2.41 bits per heavy atom. The van der Waals surface area contributed by atoms with Crippen LogP contribution >= 0.6 is 0 Å². The largest absolute Gasteiger partial charge is 0.484 e. The molecule has 6 nitrogen and oxygen atoms in total. The fourth-order valence-corrected chi connectivity index (χ4v) is 4.65. The molecular weight excluding hydrogens is 451 g/mol. The molecule has 1 aliphatic heterocycles. The zero-order valence-corrected chi connectivity index (χ0v) is 20.2. The predicted molar refractivity (Wildman–Crippen MR) is 120 cm³/mol. The van der Waals surface area contributed by atoms with Crippen LogP contribution in [0.4, 0.5) is 13.2 Å². The first-order valence-electron chi connectivity index (χ1n) is 11.6. The zero-order valence-electron chi connectivity index (χ0n) is 20.2. The minimum absolute atomic E-state index is 0.0617. The average Bonchev–Trinajstić information content (AvgIpc) is 3.02. The molecule has 0 radical (unpaired) electrons. The summed E-state index contributed by atoms with van der Waals surface area (Å²) < 4.78 is 54.3. The number of halogens is 3. The van der Waals surface area contributed by atoms with Gasteiger partial charge < -0.3 is 19.5 Å². The van der Waals surface area contributed by atoms with Gasteiger partial charge in [-0.15, -0.1) is 0 Å². The first-order valence-corrected chi connectivity index (χ1v) is 11.6. The molecule has 0 saturated heterocycles. The van der Waals surface area contributed by atoms with Crippen molar-refractivity contribution in [1.82, 2.24) is 5.32 Å². The van der Waals surface area contributed by atoms with E-state index in [1.807, 2.05) is 6.92 Å². The fraction of sp³-hybridized carbons (Fsp3) is 0.600. The van der Waals surface area contributed by atoms with E-state index in [4.69, 9.17) is 14.2 Å². The Kier molecular flexibility index (Phi) is 7.65. The molecule has 0 bridgehead atoms. The van der Waals surface area contributed by atoms with Gasteiger partial charge in [0.15, 0.2) is 6.61 Å². The highest BCUT2D eigenvalue weighted by molar-refractivity contribution is 6.24. The molecule has 1 N–H and O–H groups in total. The fourth-order valence-electron chi connectivity index (χ4n) is 4.65. The van der Waals surface area contributed by atoms with Crippen molar-refractivity contribution in [2.24, 2.45) is 5.92 Å². The van der Waals surface area contributed by atoms with Crippen molar-refractivity contribution < 1.29 is 37.0 Å². The smallest absolute Gasteiger partial charge is 0.422 e. The number of methoxy groups -OCH3 is 1. The van der Waals surface area contributed by atoms with Gasteiger partial charge in [-0.05, 0) is 67.9 Å². The van der Waals surface area contributed by atoms with Gasteiger partial charge in [-0.25, -0.2) is 0 Å². The number of hydrogen-bond donors (Lipinski definition) is 1. The van der Waals surface area contributed by atoms with Crippen LogP contribution in [0.2, 0.25) is 0 Å². The molecule has 1 heterocycles. The topological polar surface area (TPSA) is 73.9 Å². The number of alkyl halides is 3. The summed E-state index contributed by atoms with van der Waals surface area (Å²) in [6.45, 7) is 5.59. The van der Waals surface area contributed by atoms with Crippen LogP contribution in [0.1, 0.15) is 63.1 Å². The van der Waals surface area contributed by atoms with Crippen LogP contribution in [0.25, 0.3) is 5.57 Å². The van der Waals surface area contributed by atoms with Crippen LogP contribution in [-0.4, -0.2) is 43.4 Å². The maximum atomic E-state index is 13.4. The summed E-state index contributed by atoms with van der Waals surface area (Å²) in [5.41, 5.74) is 1.22. The van der Waals surface area contributed by atoms with Crippen LogP contribution < -0.4 is 10.1 Å². The van der Waals surface area contributed by atoms with E-state index >= 15 is 0 Å². The Morgan fingerprint density at radius 2 is 1.88 bits per heavy atom. The number of benzene rings is 1. The van der Waals surface area contributed by atoms with E-state index in [1.165, 1.54) is 12.1 Å². The number of aryl methyl sites for hydroxylation is 2. The SMILES string of the molecule is CCc1cc(OCC(F)(F)F)cc(C)c1C1=C(OC(=O)C(C)C)[C@]2(CC[C@H](OC)CC2)NC1=O. The summed E-state index contributed by atoms with van der Waals surface area (Å²) >= 11 is 0. The molecule has 0 unspecified atom stereocenters. The molecule has 0 aromatic heterocycles. The molecule has 1 spiro atoms. The van der Waals surface area contributed by atoms with Gasteiger partial charge >= 0.3 is 12.1 Å². The molecule has 34 heavy (non-hydrogen) atoms. The number of carbonyl (C=O) groups excluding carboxylic acids is 2.